The average molecular weight is 449 g/mol. The van der Waals surface area contributed by atoms with E-state index in [9.17, 15) is 14.0 Å². The van der Waals surface area contributed by atoms with Gasteiger partial charge in [-0.1, -0.05) is 18.2 Å². The van der Waals surface area contributed by atoms with Crippen molar-refractivity contribution in [2.45, 2.75) is 57.7 Å². The predicted octanol–water partition coefficient (Wildman–Crippen LogP) is 4.58. The Hall–Kier alpha value is -2.96. The van der Waals surface area contributed by atoms with Crippen molar-refractivity contribution in [2.24, 2.45) is 10.8 Å². The molecule has 7 heteroatoms. The molecule has 7 rings (SSSR count). The Morgan fingerprint density at radius 1 is 0.939 bits per heavy atom. The van der Waals surface area contributed by atoms with E-state index < -0.39 is 16.5 Å². The standard InChI is InChI=1S/C26H29FN4O2/c1-24(27)16-30(17-24)22(32)25-8-11-26(12-9-25,13-10-25)23(33)31-15-18-5-4-14-28-21(18)29-19-6-2-3-7-20(19)31/h2-7,14H,8-13,15-17H2,1H3,(H,28,29). The molecule has 2 aliphatic heterocycles. The van der Waals surface area contributed by atoms with Crippen LogP contribution in [0, 0.1) is 10.8 Å². The number of rotatable bonds is 2. The number of alkyl halides is 1. The molecule has 3 aliphatic carbocycles. The van der Waals surface area contributed by atoms with Gasteiger partial charge in [-0.05, 0) is 63.6 Å². The molecule has 2 bridgehead atoms. The number of hydrogen-bond acceptors (Lipinski definition) is 4. The average Bonchev–Trinajstić information content (AvgIpc) is 2.99. The van der Waals surface area contributed by atoms with Crippen molar-refractivity contribution < 1.29 is 14.0 Å². The maximum Gasteiger partial charge on any atom is 0.233 e. The van der Waals surface area contributed by atoms with Gasteiger partial charge in [0.1, 0.15) is 11.5 Å². The van der Waals surface area contributed by atoms with Crippen LogP contribution in [0.1, 0.15) is 51.0 Å². The molecule has 1 saturated heterocycles. The molecule has 2 amide bonds. The molecule has 1 N–H and O–H groups in total. The number of carbonyl (C=O) groups is 2. The van der Waals surface area contributed by atoms with Crippen LogP contribution in [0.5, 0.6) is 0 Å². The van der Waals surface area contributed by atoms with E-state index in [1.807, 2.05) is 41.3 Å². The molecule has 1 aromatic heterocycles. The Balaban J connectivity index is 1.26. The van der Waals surface area contributed by atoms with Crippen LogP contribution in [-0.4, -0.2) is 40.5 Å². The Morgan fingerprint density at radius 3 is 2.24 bits per heavy atom. The highest BCUT2D eigenvalue weighted by atomic mass is 19.1. The summed E-state index contributed by atoms with van der Waals surface area (Å²) in [6, 6.07) is 11.8. The van der Waals surface area contributed by atoms with Gasteiger partial charge in [-0.15, -0.1) is 0 Å². The van der Waals surface area contributed by atoms with Crippen molar-refractivity contribution in [3.05, 3.63) is 48.2 Å². The molecule has 4 fully saturated rings. The number of para-hydroxylation sites is 2. The minimum Gasteiger partial charge on any atom is -0.338 e. The van der Waals surface area contributed by atoms with Crippen LogP contribution >= 0.6 is 0 Å². The largest absolute Gasteiger partial charge is 0.338 e. The predicted molar refractivity (Wildman–Crippen MR) is 124 cm³/mol. The highest BCUT2D eigenvalue weighted by Gasteiger charge is 2.59. The number of anilines is 3. The summed E-state index contributed by atoms with van der Waals surface area (Å²) in [5.74, 6) is 1.03. The third-order valence-electron chi connectivity index (χ3n) is 8.39. The van der Waals surface area contributed by atoms with Crippen LogP contribution in [0.25, 0.3) is 0 Å². The summed E-state index contributed by atoms with van der Waals surface area (Å²) in [4.78, 5) is 35.4. The molecule has 3 saturated carbocycles. The minimum absolute atomic E-state index is 0.0997. The Morgan fingerprint density at radius 2 is 1.58 bits per heavy atom. The number of carbonyl (C=O) groups excluding carboxylic acids is 2. The summed E-state index contributed by atoms with van der Waals surface area (Å²) in [6.45, 7) is 2.42. The van der Waals surface area contributed by atoms with E-state index >= 15 is 0 Å². The lowest BCUT2D eigenvalue weighted by Gasteiger charge is -2.55. The van der Waals surface area contributed by atoms with E-state index in [1.54, 1.807) is 18.0 Å². The van der Waals surface area contributed by atoms with Gasteiger partial charge in [-0.25, -0.2) is 9.37 Å². The monoisotopic (exact) mass is 448 g/mol. The molecule has 0 atom stereocenters. The summed E-state index contributed by atoms with van der Waals surface area (Å²) in [7, 11) is 0. The second kappa shape index (κ2) is 7.02. The topological polar surface area (TPSA) is 65.5 Å². The van der Waals surface area contributed by atoms with Crippen molar-refractivity contribution in [1.82, 2.24) is 9.88 Å². The van der Waals surface area contributed by atoms with Crippen molar-refractivity contribution >= 4 is 29.0 Å². The fourth-order valence-electron chi connectivity index (χ4n) is 6.40. The van der Waals surface area contributed by atoms with Gasteiger partial charge in [-0.2, -0.15) is 0 Å². The van der Waals surface area contributed by atoms with Crippen LogP contribution in [0.3, 0.4) is 0 Å². The number of amides is 2. The molecule has 0 radical (unpaired) electrons. The zero-order chi connectivity index (χ0) is 22.8. The molecule has 5 aliphatic rings. The van der Waals surface area contributed by atoms with Gasteiger partial charge in [0.2, 0.25) is 11.8 Å². The number of halogens is 1. The highest BCUT2D eigenvalue weighted by Crippen LogP contribution is 2.59. The lowest BCUT2D eigenvalue weighted by atomic mass is 9.52. The molecular weight excluding hydrogens is 419 g/mol. The molecule has 3 heterocycles. The number of nitrogens with one attached hydrogen (secondary N) is 1. The maximum atomic E-state index is 14.1. The normalized spacial score (nSPS) is 29.3. The molecule has 1 aromatic carbocycles. The van der Waals surface area contributed by atoms with E-state index in [-0.39, 0.29) is 24.9 Å². The first-order valence-corrected chi connectivity index (χ1v) is 11.9. The van der Waals surface area contributed by atoms with Crippen LogP contribution in [0.2, 0.25) is 0 Å². The van der Waals surface area contributed by atoms with Gasteiger partial charge in [0.15, 0.2) is 0 Å². The van der Waals surface area contributed by atoms with Crippen LogP contribution in [0.15, 0.2) is 42.6 Å². The van der Waals surface area contributed by atoms with Gasteiger partial charge < -0.3 is 15.1 Å². The first kappa shape index (κ1) is 20.6. The van der Waals surface area contributed by atoms with E-state index in [0.717, 1.165) is 22.8 Å². The fraction of sp³-hybridized carbons (Fsp3) is 0.500. The number of likely N-dealkylation sites (tertiary alicyclic amines) is 1. The molecule has 6 nitrogen and oxygen atoms in total. The van der Waals surface area contributed by atoms with Crippen molar-refractivity contribution in [1.29, 1.82) is 0 Å². The molecular formula is C26H29FN4O2. The summed E-state index contributed by atoms with van der Waals surface area (Å²) >= 11 is 0. The zero-order valence-electron chi connectivity index (χ0n) is 18.9. The van der Waals surface area contributed by atoms with Crippen molar-refractivity contribution in [2.75, 3.05) is 23.3 Å². The summed E-state index contributed by atoms with van der Waals surface area (Å²) in [5.41, 5.74) is 0.633. The molecule has 172 valence electrons. The van der Waals surface area contributed by atoms with E-state index in [4.69, 9.17) is 0 Å². The number of hydrogen-bond donors (Lipinski definition) is 1. The fourth-order valence-corrected chi connectivity index (χ4v) is 6.40. The Kier molecular flexibility index (Phi) is 4.39. The van der Waals surface area contributed by atoms with Crippen molar-refractivity contribution in [3.63, 3.8) is 0 Å². The number of aromatic nitrogens is 1. The van der Waals surface area contributed by atoms with Gasteiger partial charge in [0.05, 0.1) is 31.0 Å². The van der Waals surface area contributed by atoms with Crippen molar-refractivity contribution in [3.8, 4) is 0 Å². The Labute approximate surface area is 193 Å². The minimum atomic E-state index is -1.26. The first-order valence-electron chi connectivity index (χ1n) is 11.9. The number of pyridine rings is 1. The first-order chi connectivity index (χ1) is 15.8. The quantitative estimate of drug-likeness (QED) is 0.730. The highest BCUT2D eigenvalue weighted by molar-refractivity contribution is 6.02. The zero-order valence-corrected chi connectivity index (χ0v) is 18.9. The molecule has 2 aromatic rings. The lowest BCUT2D eigenvalue weighted by molar-refractivity contribution is -0.167. The van der Waals surface area contributed by atoms with E-state index in [2.05, 4.69) is 10.3 Å². The van der Waals surface area contributed by atoms with Crippen LogP contribution in [0.4, 0.5) is 21.6 Å². The summed E-state index contributed by atoms with van der Waals surface area (Å²) < 4.78 is 14.0. The third kappa shape index (κ3) is 3.15. The number of benzene rings is 1. The molecule has 0 spiro atoms. The molecule has 0 unspecified atom stereocenters. The van der Waals surface area contributed by atoms with Gasteiger partial charge >= 0.3 is 0 Å². The summed E-state index contributed by atoms with van der Waals surface area (Å²) in [5, 5.41) is 3.40. The van der Waals surface area contributed by atoms with E-state index in [1.165, 1.54) is 0 Å². The smallest absolute Gasteiger partial charge is 0.233 e. The summed E-state index contributed by atoms with van der Waals surface area (Å²) in [6.07, 6.45) is 6.03. The second-order valence-corrected chi connectivity index (χ2v) is 10.7. The SMILES string of the molecule is CC1(F)CN(C(=O)C23CCC(C(=O)N4Cc5cccnc5Nc5ccccc54)(CC2)CC3)C1. The van der Waals surface area contributed by atoms with Crippen LogP contribution in [-0.2, 0) is 16.1 Å². The molecule has 33 heavy (non-hydrogen) atoms. The number of fused-ring (bicyclic) bond motifs is 5. The second-order valence-electron chi connectivity index (χ2n) is 10.7. The lowest BCUT2D eigenvalue weighted by Crippen LogP contribution is -2.64. The van der Waals surface area contributed by atoms with Gasteiger partial charge in [-0.3, -0.25) is 9.59 Å². The van der Waals surface area contributed by atoms with Gasteiger partial charge in [0, 0.05) is 22.6 Å². The maximum absolute atomic E-state index is 14.1. The number of nitrogens with zero attached hydrogens (tertiary/aromatic N) is 3. The third-order valence-corrected chi connectivity index (χ3v) is 8.39. The Bertz CT molecular complexity index is 1110. The van der Waals surface area contributed by atoms with E-state index in [0.29, 0.717) is 45.1 Å². The van der Waals surface area contributed by atoms with Crippen LogP contribution < -0.4 is 10.2 Å². The van der Waals surface area contributed by atoms with Gasteiger partial charge in [0.25, 0.3) is 0 Å².